The molecule has 0 atom stereocenters. The van der Waals surface area contributed by atoms with Gasteiger partial charge in [0, 0.05) is 0 Å². The Balaban J connectivity index is 1.62. The Morgan fingerprint density at radius 1 is 1.00 bits per heavy atom. The van der Waals surface area contributed by atoms with Crippen LogP contribution < -0.4 is 19.8 Å². The molecule has 0 saturated heterocycles. The van der Waals surface area contributed by atoms with Crippen LogP contribution in [0.25, 0.3) is 10.9 Å². The molecule has 0 aliphatic heterocycles. The second-order valence-corrected chi connectivity index (χ2v) is 7.51. The summed E-state index contributed by atoms with van der Waals surface area (Å²) in [5.41, 5.74) is 0.889. The first-order chi connectivity index (χ1) is 17.6. The van der Waals surface area contributed by atoms with Crippen molar-refractivity contribution in [3.8, 4) is 17.2 Å². The van der Waals surface area contributed by atoms with Crippen molar-refractivity contribution in [1.29, 1.82) is 0 Å². The largest absolute Gasteiger partial charge is 0.493 e. The summed E-state index contributed by atoms with van der Waals surface area (Å²) in [7, 11) is 1.49. The van der Waals surface area contributed by atoms with Crippen molar-refractivity contribution in [3.05, 3.63) is 94.5 Å². The number of carbonyl (C=O) groups excluding carboxylic acids is 1. The lowest BCUT2D eigenvalue weighted by molar-refractivity contribution is -0.145. The van der Waals surface area contributed by atoms with E-state index in [0.29, 0.717) is 39.5 Å². The third-order valence-corrected chi connectivity index (χ3v) is 5.09. The molecule has 0 aliphatic carbocycles. The van der Waals surface area contributed by atoms with E-state index in [1.807, 2.05) is 36.4 Å². The third kappa shape index (κ3) is 5.87. The summed E-state index contributed by atoms with van der Waals surface area (Å²) >= 11 is 0. The highest BCUT2D eigenvalue weighted by Crippen LogP contribution is 2.27. The normalized spacial score (nSPS) is 10.9. The van der Waals surface area contributed by atoms with Crippen LogP contribution in [0.3, 0.4) is 0 Å². The summed E-state index contributed by atoms with van der Waals surface area (Å²) in [4.78, 5) is 29.4. The van der Waals surface area contributed by atoms with Gasteiger partial charge in [0.2, 0.25) is 0 Å². The van der Waals surface area contributed by atoms with Crippen LogP contribution in [0.4, 0.5) is 0 Å². The third-order valence-electron chi connectivity index (χ3n) is 5.09. The number of esters is 1. The second-order valence-electron chi connectivity index (χ2n) is 7.51. The SMILES string of the molecule is CCOC(=O)COc1ccc(/C=N/n2c(COc3ccccc3)nc3ccccc3c2=O)cc1OC. The summed E-state index contributed by atoms with van der Waals surface area (Å²) in [6, 6.07) is 21.4. The van der Waals surface area contributed by atoms with E-state index in [1.54, 1.807) is 43.3 Å². The Hall–Kier alpha value is -4.66. The van der Waals surface area contributed by atoms with Crippen molar-refractivity contribution in [1.82, 2.24) is 9.66 Å². The van der Waals surface area contributed by atoms with E-state index in [4.69, 9.17) is 18.9 Å². The summed E-state index contributed by atoms with van der Waals surface area (Å²) in [5.74, 6) is 1.31. The van der Waals surface area contributed by atoms with Gasteiger partial charge in [0.25, 0.3) is 5.56 Å². The molecule has 0 radical (unpaired) electrons. The van der Waals surface area contributed by atoms with Crippen molar-refractivity contribution in [2.45, 2.75) is 13.5 Å². The molecule has 0 fully saturated rings. The molecule has 0 aliphatic rings. The van der Waals surface area contributed by atoms with Gasteiger partial charge in [0.15, 0.2) is 23.9 Å². The molecule has 1 aromatic heterocycles. The zero-order valence-electron chi connectivity index (χ0n) is 19.9. The molecule has 9 heteroatoms. The number of hydrogen-bond acceptors (Lipinski definition) is 8. The zero-order valence-corrected chi connectivity index (χ0v) is 19.9. The fraction of sp³-hybridized carbons (Fsp3) is 0.185. The summed E-state index contributed by atoms with van der Waals surface area (Å²) in [6.45, 7) is 1.81. The molecule has 4 rings (SSSR count). The highest BCUT2D eigenvalue weighted by molar-refractivity contribution is 5.81. The number of nitrogens with zero attached hydrogens (tertiary/aromatic N) is 3. The maximum absolute atomic E-state index is 13.2. The molecule has 0 amide bonds. The van der Waals surface area contributed by atoms with Gasteiger partial charge in [-0.1, -0.05) is 30.3 Å². The van der Waals surface area contributed by atoms with E-state index in [1.165, 1.54) is 18.0 Å². The van der Waals surface area contributed by atoms with Gasteiger partial charge in [-0.2, -0.15) is 9.78 Å². The molecule has 0 bridgehead atoms. The number of hydrogen-bond donors (Lipinski definition) is 0. The molecule has 0 saturated carbocycles. The maximum Gasteiger partial charge on any atom is 0.344 e. The van der Waals surface area contributed by atoms with Crippen LogP contribution in [0, 0.1) is 0 Å². The Morgan fingerprint density at radius 3 is 2.56 bits per heavy atom. The Kier molecular flexibility index (Phi) is 7.92. The fourth-order valence-corrected chi connectivity index (χ4v) is 3.39. The standard InChI is InChI=1S/C27H25N3O6/c1-3-34-26(31)18-36-23-14-13-19(15-24(23)33-2)16-28-30-25(17-35-20-9-5-4-6-10-20)29-22-12-8-7-11-21(22)27(30)32/h4-16H,3,17-18H2,1-2H3/b28-16+. The van der Waals surface area contributed by atoms with E-state index in [-0.39, 0.29) is 25.4 Å². The van der Waals surface area contributed by atoms with Gasteiger partial charge in [0.1, 0.15) is 12.4 Å². The van der Waals surface area contributed by atoms with E-state index in [9.17, 15) is 9.59 Å². The van der Waals surface area contributed by atoms with Gasteiger partial charge < -0.3 is 18.9 Å². The van der Waals surface area contributed by atoms with Crippen molar-refractivity contribution >= 4 is 23.1 Å². The molecule has 9 nitrogen and oxygen atoms in total. The molecule has 3 aromatic carbocycles. The van der Waals surface area contributed by atoms with Crippen LogP contribution in [-0.2, 0) is 16.1 Å². The minimum absolute atomic E-state index is 0.0470. The number of carbonyl (C=O) groups is 1. The lowest BCUT2D eigenvalue weighted by atomic mass is 10.2. The average molecular weight is 488 g/mol. The molecule has 0 N–H and O–H groups in total. The Morgan fingerprint density at radius 2 is 1.78 bits per heavy atom. The van der Waals surface area contributed by atoms with Gasteiger partial charge in [-0.25, -0.2) is 9.78 Å². The molecular weight excluding hydrogens is 462 g/mol. The smallest absolute Gasteiger partial charge is 0.344 e. The Bertz CT molecular complexity index is 1430. The maximum atomic E-state index is 13.2. The predicted octanol–water partition coefficient (Wildman–Crippen LogP) is 3.81. The van der Waals surface area contributed by atoms with Crippen LogP contribution in [0.15, 0.2) is 82.7 Å². The number of fused-ring (bicyclic) bond motifs is 1. The molecule has 0 spiro atoms. The van der Waals surface area contributed by atoms with Crippen LogP contribution in [0.2, 0.25) is 0 Å². The number of para-hydroxylation sites is 2. The first-order valence-corrected chi connectivity index (χ1v) is 11.3. The van der Waals surface area contributed by atoms with Crippen LogP contribution in [-0.4, -0.2) is 42.2 Å². The van der Waals surface area contributed by atoms with Gasteiger partial charge in [-0.3, -0.25) is 4.79 Å². The predicted molar refractivity (Wildman–Crippen MR) is 135 cm³/mol. The molecule has 0 unspecified atom stereocenters. The van der Waals surface area contributed by atoms with E-state index >= 15 is 0 Å². The first kappa shape index (κ1) is 24.5. The summed E-state index contributed by atoms with van der Waals surface area (Å²) in [5, 5.41) is 4.85. The molecule has 4 aromatic rings. The van der Waals surface area contributed by atoms with E-state index in [0.717, 1.165) is 0 Å². The number of aromatic nitrogens is 2. The van der Waals surface area contributed by atoms with Gasteiger partial charge >= 0.3 is 5.97 Å². The molecular formula is C27H25N3O6. The second kappa shape index (κ2) is 11.7. The number of ether oxygens (including phenoxy) is 4. The number of methoxy groups -OCH3 is 1. The van der Waals surface area contributed by atoms with Crippen molar-refractivity contribution in [2.24, 2.45) is 5.10 Å². The van der Waals surface area contributed by atoms with E-state index < -0.39 is 5.97 Å². The topological polar surface area (TPSA) is 101 Å². The highest BCUT2D eigenvalue weighted by Gasteiger charge is 2.12. The summed E-state index contributed by atoms with van der Waals surface area (Å²) < 4.78 is 22.8. The van der Waals surface area contributed by atoms with Gasteiger partial charge in [-0.05, 0) is 55.0 Å². The number of benzene rings is 3. The summed E-state index contributed by atoms with van der Waals surface area (Å²) in [6.07, 6.45) is 1.52. The quantitative estimate of drug-likeness (QED) is 0.248. The molecule has 1 heterocycles. The molecule has 36 heavy (non-hydrogen) atoms. The first-order valence-electron chi connectivity index (χ1n) is 11.3. The minimum Gasteiger partial charge on any atom is -0.493 e. The van der Waals surface area contributed by atoms with Crippen molar-refractivity contribution in [2.75, 3.05) is 20.3 Å². The average Bonchev–Trinajstić information content (AvgIpc) is 2.91. The van der Waals surface area contributed by atoms with Crippen molar-refractivity contribution in [3.63, 3.8) is 0 Å². The van der Waals surface area contributed by atoms with Crippen LogP contribution in [0.1, 0.15) is 18.3 Å². The lowest BCUT2D eigenvalue weighted by Crippen LogP contribution is -2.23. The van der Waals surface area contributed by atoms with Gasteiger partial charge in [-0.15, -0.1) is 0 Å². The zero-order chi connectivity index (χ0) is 25.3. The van der Waals surface area contributed by atoms with Gasteiger partial charge in [0.05, 0.1) is 30.8 Å². The molecule has 184 valence electrons. The monoisotopic (exact) mass is 487 g/mol. The van der Waals surface area contributed by atoms with Crippen LogP contribution >= 0.6 is 0 Å². The fourth-order valence-electron chi connectivity index (χ4n) is 3.39. The Labute approximate surface area is 207 Å². The minimum atomic E-state index is -0.473. The lowest BCUT2D eigenvalue weighted by Gasteiger charge is -2.12. The van der Waals surface area contributed by atoms with Crippen LogP contribution in [0.5, 0.6) is 17.2 Å². The van der Waals surface area contributed by atoms with E-state index in [2.05, 4.69) is 10.1 Å². The number of rotatable bonds is 10. The highest BCUT2D eigenvalue weighted by atomic mass is 16.6. The van der Waals surface area contributed by atoms with Crippen molar-refractivity contribution < 1.29 is 23.7 Å².